The zero-order chi connectivity index (χ0) is 10.0. The van der Waals surface area contributed by atoms with Crippen molar-refractivity contribution in [1.29, 1.82) is 0 Å². The lowest BCUT2D eigenvalue weighted by molar-refractivity contribution is -0.0283. The Kier molecular flexibility index (Phi) is 2.78. The second-order valence-electron chi connectivity index (χ2n) is 4.46. The molecule has 0 bridgehead atoms. The zero-order valence-corrected chi connectivity index (χ0v) is 8.75. The molecule has 1 N–H and O–H groups in total. The highest BCUT2D eigenvalue weighted by molar-refractivity contribution is 5.18. The first-order valence-corrected chi connectivity index (χ1v) is 5.45. The highest BCUT2D eigenvalue weighted by Gasteiger charge is 2.44. The SMILES string of the molecule is CC12CCCCC1C(=C=CCO)CO2. The van der Waals surface area contributed by atoms with Crippen LogP contribution in [0.3, 0.4) is 0 Å². The summed E-state index contributed by atoms with van der Waals surface area (Å²) in [5.41, 5.74) is 4.48. The maximum Gasteiger partial charge on any atom is 0.0762 e. The summed E-state index contributed by atoms with van der Waals surface area (Å²) in [6, 6.07) is 0. The van der Waals surface area contributed by atoms with E-state index in [1.54, 1.807) is 6.08 Å². The van der Waals surface area contributed by atoms with Gasteiger partial charge >= 0.3 is 0 Å². The predicted octanol–water partition coefficient (Wildman–Crippen LogP) is 2.04. The lowest BCUT2D eigenvalue weighted by Crippen LogP contribution is -2.34. The Bertz CT molecular complexity index is 276. The Morgan fingerprint density at radius 1 is 1.64 bits per heavy atom. The lowest BCUT2D eigenvalue weighted by atomic mass is 9.75. The Hall–Kier alpha value is -0.560. The van der Waals surface area contributed by atoms with Crippen LogP contribution in [0.4, 0.5) is 0 Å². The van der Waals surface area contributed by atoms with E-state index in [9.17, 15) is 0 Å². The molecule has 0 amide bonds. The topological polar surface area (TPSA) is 29.5 Å². The number of ether oxygens (including phenoxy) is 1. The normalized spacial score (nSPS) is 36.4. The van der Waals surface area contributed by atoms with Crippen LogP contribution in [0, 0.1) is 5.92 Å². The third kappa shape index (κ3) is 1.66. The number of hydrogen-bond acceptors (Lipinski definition) is 2. The fourth-order valence-electron chi connectivity index (χ4n) is 2.68. The van der Waals surface area contributed by atoms with E-state index in [1.165, 1.54) is 31.3 Å². The minimum atomic E-state index is 0.0594. The number of fused-ring (bicyclic) bond motifs is 1. The van der Waals surface area contributed by atoms with Crippen molar-refractivity contribution in [2.45, 2.75) is 38.2 Å². The van der Waals surface area contributed by atoms with E-state index in [1.807, 2.05) is 0 Å². The molecule has 1 saturated heterocycles. The molecule has 0 aromatic rings. The second-order valence-corrected chi connectivity index (χ2v) is 4.46. The second kappa shape index (κ2) is 3.90. The van der Waals surface area contributed by atoms with Crippen LogP contribution >= 0.6 is 0 Å². The van der Waals surface area contributed by atoms with Gasteiger partial charge in [-0.25, -0.2) is 0 Å². The minimum Gasteiger partial charge on any atom is -0.392 e. The van der Waals surface area contributed by atoms with Gasteiger partial charge in [0, 0.05) is 11.5 Å². The van der Waals surface area contributed by atoms with Crippen molar-refractivity contribution < 1.29 is 9.84 Å². The van der Waals surface area contributed by atoms with Crippen LogP contribution in [0.25, 0.3) is 0 Å². The summed E-state index contributed by atoms with van der Waals surface area (Å²) < 4.78 is 5.85. The first-order valence-electron chi connectivity index (χ1n) is 5.45. The molecule has 2 nitrogen and oxygen atoms in total. The molecule has 14 heavy (non-hydrogen) atoms. The Labute approximate surface area is 85.3 Å². The minimum absolute atomic E-state index is 0.0594. The molecular formula is C12H18O2. The smallest absolute Gasteiger partial charge is 0.0762 e. The third-order valence-electron chi connectivity index (χ3n) is 3.51. The first kappa shape index (κ1) is 9.97. The molecule has 2 aliphatic rings. The maximum absolute atomic E-state index is 8.71. The quantitative estimate of drug-likeness (QED) is 0.647. The standard InChI is InChI=1S/C12H18O2/c1-12-7-3-2-6-11(12)10(9-14-12)5-4-8-13/h4,11,13H,2-3,6-9H2,1H3. The van der Waals surface area contributed by atoms with Crippen LogP contribution < -0.4 is 0 Å². The number of rotatable bonds is 1. The molecule has 1 aliphatic heterocycles. The molecule has 2 unspecified atom stereocenters. The summed E-state index contributed by atoms with van der Waals surface area (Å²) in [6.45, 7) is 3.00. The fraction of sp³-hybridized carbons (Fsp3) is 0.750. The summed E-state index contributed by atoms with van der Waals surface area (Å²) in [5.74, 6) is 0.541. The van der Waals surface area contributed by atoms with Gasteiger partial charge in [0.2, 0.25) is 0 Å². The Morgan fingerprint density at radius 2 is 2.50 bits per heavy atom. The molecule has 2 fully saturated rings. The van der Waals surface area contributed by atoms with E-state index in [0.29, 0.717) is 12.5 Å². The van der Waals surface area contributed by atoms with Crippen molar-refractivity contribution in [1.82, 2.24) is 0 Å². The first-order chi connectivity index (χ1) is 6.76. The van der Waals surface area contributed by atoms with Gasteiger partial charge in [-0.05, 0) is 25.8 Å². The summed E-state index contributed by atoms with van der Waals surface area (Å²) >= 11 is 0. The molecule has 0 aromatic carbocycles. The number of aliphatic hydroxyl groups excluding tert-OH is 1. The van der Waals surface area contributed by atoms with E-state index in [-0.39, 0.29) is 12.2 Å². The molecule has 2 atom stereocenters. The molecule has 2 rings (SSSR count). The maximum atomic E-state index is 8.71. The lowest BCUT2D eigenvalue weighted by Gasteiger charge is -2.34. The molecule has 1 aliphatic carbocycles. The summed E-state index contributed by atoms with van der Waals surface area (Å²) in [6.07, 6.45) is 6.66. The van der Waals surface area contributed by atoms with Gasteiger partial charge in [-0.2, -0.15) is 0 Å². The van der Waals surface area contributed by atoms with E-state index < -0.39 is 0 Å². The molecule has 0 spiro atoms. The van der Waals surface area contributed by atoms with Gasteiger partial charge in [0.15, 0.2) is 0 Å². The summed E-state index contributed by atoms with van der Waals surface area (Å²) in [7, 11) is 0. The van der Waals surface area contributed by atoms with E-state index in [0.717, 1.165) is 0 Å². The van der Waals surface area contributed by atoms with Crippen LogP contribution in [-0.2, 0) is 4.74 Å². The molecular weight excluding hydrogens is 176 g/mol. The number of aliphatic hydroxyl groups is 1. The van der Waals surface area contributed by atoms with Crippen LogP contribution in [0.2, 0.25) is 0 Å². The van der Waals surface area contributed by atoms with Crippen molar-refractivity contribution in [3.8, 4) is 0 Å². The van der Waals surface area contributed by atoms with Crippen LogP contribution in [0.1, 0.15) is 32.6 Å². The largest absolute Gasteiger partial charge is 0.392 e. The monoisotopic (exact) mass is 194 g/mol. The average Bonchev–Trinajstić information content (AvgIpc) is 2.52. The molecule has 78 valence electrons. The van der Waals surface area contributed by atoms with Crippen LogP contribution in [-0.4, -0.2) is 23.9 Å². The molecule has 1 heterocycles. The molecule has 0 radical (unpaired) electrons. The van der Waals surface area contributed by atoms with Crippen molar-refractivity contribution in [2.24, 2.45) is 5.92 Å². The van der Waals surface area contributed by atoms with Crippen molar-refractivity contribution in [2.75, 3.05) is 13.2 Å². The van der Waals surface area contributed by atoms with E-state index in [4.69, 9.17) is 9.84 Å². The molecule has 1 saturated carbocycles. The summed E-state index contributed by atoms with van der Waals surface area (Å²) in [5, 5.41) is 8.71. The molecule has 2 heteroatoms. The van der Waals surface area contributed by atoms with E-state index in [2.05, 4.69) is 12.7 Å². The van der Waals surface area contributed by atoms with Crippen LogP contribution in [0.15, 0.2) is 17.4 Å². The summed E-state index contributed by atoms with van der Waals surface area (Å²) in [4.78, 5) is 0. The van der Waals surface area contributed by atoms with Gasteiger partial charge in [0.1, 0.15) is 0 Å². The van der Waals surface area contributed by atoms with Gasteiger partial charge < -0.3 is 9.84 Å². The van der Waals surface area contributed by atoms with E-state index >= 15 is 0 Å². The molecule has 0 aromatic heterocycles. The highest BCUT2D eigenvalue weighted by Crippen LogP contribution is 2.45. The van der Waals surface area contributed by atoms with Gasteiger partial charge in [0.25, 0.3) is 0 Å². The van der Waals surface area contributed by atoms with Gasteiger partial charge in [-0.3, -0.25) is 0 Å². The predicted molar refractivity (Wildman–Crippen MR) is 55.0 cm³/mol. The fourth-order valence-corrected chi connectivity index (χ4v) is 2.68. The van der Waals surface area contributed by atoms with Crippen LogP contribution in [0.5, 0.6) is 0 Å². The van der Waals surface area contributed by atoms with Gasteiger partial charge in [-0.15, -0.1) is 5.73 Å². The number of hydrogen-bond donors (Lipinski definition) is 1. The van der Waals surface area contributed by atoms with Crippen molar-refractivity contribution in [3.63, 3.8) is 0 Å². The van der Waals surface area contributed by atoms with Gasteiger partial charge in [-0.1, -0.05) is 12.8 Å². The third-order valence-corrected chi connectivity index (χ3v) is 3.51. The zero-order valence-electron chi connectivity index (χ0n) is 8.75. The van der Waals surface area contributed by atoms with Gasteiger partial charge in [0.05, 0.1) is 18.8 Å². The Morgan fingerprint density at radius 3 is 3.29 bits per heavy atom. The van der Waals surface area contributed by atoms with Crippen molar-refractivity contribution in [3.05, 3.63) is 17.4 Å². The Balaban J connectivity index is 2.21. The van der Waals surface area contributed by atoms with Crippen molar-refractivity contribution >= 4 is 0 Å². The highest BCUT2D eigenvalue weighted by atomic mass is 16.5. The average molecular weight is 194 g/mol.